The molecule has 1 aliphatic carbocycles. The predicted octanol–water partition coefficient (Wildman–Crippen LogP) is -0.291. The van der Waals surface area contributed by atoms with E-state index in [4.69, 9.17) is 10.8 Å². The van der Waals surface area contributed by atoms with E-state index in [2.05, 4.69) is 0 Å². The number of aliphatic hydroxyl groups is 1. The van der Waals surface area contributed by atoms with Crippen molar-refractivity contribution in [2.45, 2.75) is 31.7 Å². The highest BCUT2D eigenvalue weighted by Gasteiger charge is 2.51. The number of amides is 1. The lowest BCUT2D eigenvalue weighted by Gasteiger charge is -2.27. The summed E-state index contributed by atoms with van der Waals surface area (Å²) in [6, 6.07) is 0.0477. The number of carbonyl (C=O) groups is 1. The Balaban J connectivity index is 2.04. The van der Waals surface area contributed by atoms with Crippen LogP contribution >= 0.6 is 0 Å². The van der Waals surface area contributed by atoms with Crippen molar-refractivity contribution in [1.29, 1.82) is 0 Å². The second-order valence-electron chi connectivity index (χ2n) is 4.46. The first-order valence-corrected chi connectivity index (χ1v) is 5.35. The first-order chi connectivity index (χ1) is 6.73. The average Bonchev–Trinajstić information content (AvgIpc) is 2.87. The molecule has 2 fully saturated rings. The van der Waals surface area contributed by atoms with Gasteiger partial charge >= 0.3 is 0 Å². The summed E-state index contributed by atoms with van der Waals surface area (Å²) >= 11 is 0. The standard InChI is InChI=1S/C10H18N2O2/c11-7-10(3-4-10)9(14)12-5-1-2-8(12)6-13/h8,13H,1-7,11H2. The highest BCUT2D eigenvalue weighted by molar-refractivity contribution is 5.86. The molecule has 1 saturated carbocycles. The minimum absolute atomic E-state index is 0.0477. The van der Waals surface area contributed by atoms with Crippen LogP contribution in [0, 0.1) is 5.41 Å². The van der Waals surface area contributed by atoms with Gasteiger partial charge in [0, 0.05) is 13.1 Å². The molecule has 1 amide bonds. The van der Waals surface area contributed by atoms with E-state index >= 15 is 0 Å². The van der Waals surface area contributed by atoms with Gasteiger partial charge in [0.25, 0.3) is 0 Å². The molecule has 1 aliphatic heterocycles. The number of nitrogens with zero attached hydrogens (tertiary/aromatic N) is 1. The van der Waals surface area contributed by atoms with Gasteiger partial charge in [0.05, 0.1) is 18.1 Å². The van der Waals surface area contributed by atoms with E-state index in [0.29, 0.717) is 6.54 Å². The minimum atomic E-state index is -0.252. The van der Waals surface area contributed by atoms with Gasteiger partial charge in [-0.1, -0.05) is 0 Å². The smallest absolute Gasteiger partial charge is 0.230 e. The van der Waals surface area contributed by atoms with Gasteiger partial charge in [0.15, 0.2) is 0 Å². The second kappa shape index (κ2) is 3.51. The summed E-state index contributed by atoms with van der Waals surface area (Å²) in [5, 5.41) is 9.12. The summed E-state index contributed by atoms with van der Waals surface area (Å²) in [6.07, 6.45) is 3.80. The normalized spacial score (nSPS) is 29.3. The average molecular weight is 198 g/mol. The van der Waals surface area contributed by atoms with Crippen LogP contribution in [0.15, 0.2) is 0 Å². The summed E-state index contributed by atoms with van der Waals surface area (Å²) in [5.74, 6) is 0.177. The molecule has 1 atom stereocenters. The Labute approximate surface area is 84.1 Å². The van der Waals surface area contributed by atoms with Crippen LogP contribution in [-0.2, 0) is 4.79 Å². The molecule has 0 aromatic carbocycles. The number of likely N-dealkylation sites (tertiary alicyclic amines) is 1. The van der Waals surface area contributed by atoms with Crippen LogP contribution in [-0.4, -0.2) is 41.7 Å². The Hall–Kier alpha value is -0.610. The summed E-state index contributed by atoms with van der Waals surface area (Å²) in [6.45, 7) is 1.35. The molecule has 1 unspecified atom stereocenters. The molecule has 4 nitrogen and oxygen atoms in total. The number of hydrogen-bond donors (Lipinski definition) is 2. The van der Waals surface area contributed by atoms with Crippen molar-refractivity contribution in [2.75, 3.05) is 19.7 Å². The molecule has 0 aromatic heterocycles. The molecule has 80 valence electrons. The number of aliphatic hydroxyl groups excluding tert-OH is 1. The fourth-order valence-electron chi connectivity index (χ4n) is 2.25. The molecular weight excluding hydrogens is 180 g/mol. The Bertz CT molecular complexity index is 238. The SMILES string of the molecule is NCC1(C(=O)N2CCCC2CO)CC1. The van der Waals surface area contributed by atoms with Gasteiger partial charge in [-0.2, -0.15) is 0 Å². The maximum atomic E-state index is 12.1. The zero-order valence-corrected chi connectivity index (χ0v) is 8.41. The maximum absolute atomic E-state index is 12.1. The third-order valence-electron chi connectivity index (χ3n) is 3.55. The molecule has 2 aliphatic rings. The molecule has 2 rings (SSSR count). The molecule has 14 heavy (non-hydrogen) atoms. The summed E-state index contributed by atoms with van der Waals surface area (Å²) in [7, 11) is 0. The van der Waals surface area contributed by atoms with Gasteiger partial charge in [-0.3, -0.25) is 4.79 Å². The van der Waals surface area contributed by atoms with Gasteiger partial charge < -0.3 is 15.7 Å². The van der Waals surface area contributed by atoms with E-state index in [1.54, 1.807) is 0 Å². The van der Waals surface area contributed by atoms with Crippen LogP contribution in [0.1, 0.15) is 25.7 Å². The molecule has 0 aromatic rings. The number of nitrogens with two attached hydrogens (primary N) is 1. The van der Waals surface area contributed by atoms with E-state index in [1.807, 2.05) is 4.90 Å². The topological polar surface area (TPSA) is 66.6 Å². The summed E-state index contributed by atoms with van der Waals surface area (Å²) in [5.41, 5.74) is 5.36. The van der Waals surface area contributed by atoms with Crippen LogP contribution in [0.4, 0.5) is 0 Å². The summed E-state index contributed by atoms with van der Waals surface area (Å²) in [4.78, 5) is 13.9. The van der Waals surface area contributed by atoms with Crippen molar-refractivity contribution >= 4 is 5.91 Å². The van der Waals surface area contributed by atoms with Gasteiger partial charge in [0.1, 0.15) is 0 Å². The fraction of sp³-hybridized carbons (Fsp3) is 0.900. The quantitative estimate of drug-likeness (QED) is 0.655. The Kier molecular flexibility index (Phi) is 2.49. The van der Waals surface area contributed by atoms with E-state index < -0.39 is 0 Å². The van der Waals surface area contributed by atoms with Crippen molar-refractivity contribution in [2.24, 2.45) is 11.1 Å². The van der Waals surface area contributed by atoms with Gasteiger partial charge in [-0.15, -0.1) is 0 Å². The van der Waals surface area contributed by atoms with Gasteiger partial charge in [-0.25, -0.2) is 0 Å². The maximum Gasteiger partial charge on any atom is 0.230 e. The molecule has 3 N–H and O–H groups in total. The van der Waals surface area contributed by atoms with Crippen LogP contribution < -0.4 is 5.73 Å². The zero-order chi connectivity index (χ0) is 10.2. The van der Waals surface area contributed by atoms with Crippen LogP contribution in [0.2, 0.25) is 0 Å². The van der Waals surface area contributed by atoms with Crippen LogP contribution in [0.5, 0.6) is 0 Å². The molecule has 0 radical (unpaired) electrons. The monoisotopic (exact) mass is 198 g/mol. The lowest BCUT2D eigenvalue weighted by molar-refractivity contribution is -0.138. The van der Waals surface area contributed by atoms with Crippen LogP contribution in [0.3, 0.4) is 0 Å². The lowest BCUT2D eigenvalue weighted by Crippen LogP contribution is -2.44. The zero-order valence-electron chi connectivity index (χ0n) is 8.41. The lowest BCUT2D eigenvalue weighted by atomic mass is 10.1. The Morgan fingerprint density at radius 1 is 1.57 bits per heavy atom. The predicted molar refractivity (Wildman–Crippen MR) is 52.5 cm³/mol. The van der Waals surface area contributed by atoms with Gasteiger partial charge in [-0.05, 0) is 25.7 Å². The first kappa shape index (κ1) is 9.93. The highest BCUT2D eigenvalue weighted by atomic mass is 16.3. The van der Waals surface area contributed by atoms with E-state index in [-0.39, 0.29) is 24.0 Å². The van der Waals surface area contributed by atoms with Crippen molar-refractivity contribution in [1.82, 2.24) is 4.90 Å². The second-order valence-corrected chi connectivity index (χ2v) is 4.46. The van der Waals surface area contributed by atoms with Crippen LogP contribution in [0.25, 0.3) is 0 Å². The van der Waals surface area contributed by atoms with E-state index in [9.17, 15) is 4.79 Å². The first-order valence-electron chi connectivity index (χ1n) is 5.35. The molecular formula is C10H18N2O2. The van der Waals surface area contributed by atoms with Crippen molar-refractivity contribution in [3.63, 3.8) is 0 Å². The molecule has 1 saturated heterocycles. The minimum Gasteiger partial charge on any atom is -0.394 e. The van der Waals surface area contributed by atoms with Crippen molar-refractivity contribution < 1.29 is 9.90 Å². The van der Waals surface area contributed by atoms with Crippen molar-refractivity contribution in [3.8, 4) is 0 Å². The molecule has 0 spiro atoms. The van der Waals surface area contributed by atoms with E-state index in [0.717, 1.165) is 32.2 Å². The Morgan fingerprint density at radius 3 is 2.79 bits per heavy atom. The number of rotatable bonds is 3. The molecule has 4 heteroatoms. The molecule has 0 bridgehead atoms. The highest BCUT2D eigenvalue weighted by Crippen LogP contribution is 2.47. The third-order valence-corrected chi connectivity index (χ3v) is 3.55. The molecule has 1 heterocycles. The number of hydrogen-bond acceptors (Lipinski definition) is 3. The van der Waals surface area contributed by atoms with E-state index in [1.165, 1.54) is 0 Å². The largest absolute Gasteiger partial charge is 0.394 e. The Morgan fingerprint density at radius 2 is 2.29 bits per heavy atom. The van der Waals surface area contributed by atoms with Crippen molar-refractivity contribution in [3.05, 3.63) is 0 Å². The summed E-state index contributed by atoms with van der Waals surface area (Å²) < 4.78 is 0. The number of carbonyl (C=O) groups excluding carboxylic acids is 1. The third kappa shape index (κ3) is 1.42. The van der Waals surface area contributed by atoms with Gasteiger partial charge in [0.2, 0.25) is 5.91 Å². The fourth-order valence-corrected chi connectivity index (χ4v) is 2.25.